The monoisotopic (exact) mass is 250 g/mol. The Hall–Kier alpha value is 2.18. The predicted molar refractivity (Wildman–Crippen MR) is 9.94 cm³/mol. The van der Waals surface area contributed by atoms with Crippen molar-refractivity contribution in [2.75, 3.05) is 0 Å². The molecule has 0 bridgehead atoms. The molecule has 0 N–H and O–H groups in total. The third-order valence-electron chi connectivity index (χ3n) is 0. The minimum absolute atomic E-state index is 0. The van der Waals surface area contributed by atoms with Crippen molar-refractivity contribution in [3.63, 3.8) is 0 Å². The van der Waals surface area contributed by atoms with Crippen molar-refractivity contribution in [1.29, 1.82) is 0 Å². The van der Waals surface area contributed by atoms with E-state index in [4.69, 9.17) is 0 Å². The van der Waals surface area contributed by atoms with Gasteiger partial charge >= 0.3 is 19.8 Å². The summed E-state index contributed by atoms with van der Waals surface area (Å²) in [6, 6.07) is 0. The normalized spacial score (nSPS) is 0. The van der Waals surface area contributed by atoms with Gasteiger partial charge in [0.2, 0.25) is 0 Å². The van der Waals surface area contributed by atoms with Gasteiger partial charge in [0.1, 0.15) is 0 Å². The first-order valence-corrected chi connectivity index (χ1v) is 0. The van der Waals surface area contributed by atoms with Gasteiger partial charge in [-0.25, -0.2) is 0 Å². The van der Waals surface area contributed by atoms with E-state index >= 15 is 0 Å². The molecular formula is H3CoCuFeGa. The Kier molecular flexibility index (Phi) is 166. The van der Waals surface area contributed by atoms with Gasteiger partial charge in [0.25, 0.3) is 0 Å². The molecule has 0 rings (SSSR count). The van der Waals surface area contributed by atoms with Gasteiger partial charge in [-0.15, -0.1) is 0 Å². The van der Waals surface area contributed by atoms with Gasteiger partial charge in [-0.2, -0.15) is 0 Å². The van der Waals surface area contributed by atoms with Gasteiger partial charge in [0.05, 0.1) is 0 Å². The van der Waals surface area contributed by atoms with E-state index in [1.165, 1.54) is 0 Å². The van der Waals surface area contributed by atoms with Gasteiger partial charge in [-0.05, 0) is 0 Å². The predicted octanol–water partition coefficient (Wildman–Crippen LogP) is -1.19. The second kappa shape index (κ2) is 19.0. The van der Waals surface area contributed by atoms with Crippen molar-refractivity contribution in [2.24, 2.45) is 0 Å². The van der Waals surface area contributed by atoms with Crippen LogP contribution in [0, 0.1) is 0 Å². The van der Waals surface area contributed by atoms with Crippen LogP contribution in [0.3, 0.4) is 0 Å². The van der Waals surface area contributed by atoms with Crippen LogP contribution in [0.1, 0.15) is 0 Å². The van der Waals surface area contributed by atoms with E-state index in [1.54, 1.807) is 0 Å². The quantitative estimate of drug-likeness (QED) is 0.475. The Bertz CT molecular complexity index is 8.00. The maximum atomic E-state index is 0. The van der Waals surface area contributed by atoms with Gasteiger partial charge in [-0.3, -0.25) is 0 Å². The average molecular weight is 251 g/mol. The summed E-state index contributed by atoms with van der Waals surface area (Å²) in [5.41, 5.74) is 0. The zero-order valence-corrected chi connectivity index (χ0v) is 4.08. The number of hydrogen-bond donors (Lipinski definition) is 0. The summed E-state index contributed by atoms with van der Waals surface area (Å²) in [7, 11) is 0. The molecule has 0 aromatic rings. The van der Waals surface area contributed by atoms with E-state index in [2.05, 4.69) is 0 Å². The van der Waals surface area contributed by atoms with Crippen molar-refractivity contribution in [2.45, 2.75) is 0 Å². The summed E-state index contributed by atoms with van der Waals surface area (Å²) in [6.07, 6.45) is 0. The summed E-state index contributed by atoms with van der Waals surface area (Å²) in [5, 5.41) is 0. The molecule has 0 saturated carbocycles. The average Bonchev–Trinajstić information content (AvgIpc) is 0. The topological polar surface area (TPSA) is 0 Å². The SMILES string of the molecule is [Co].[Cu].[Fe].[GaH3]. The maximum absolute atomic E-state index is 0. The molecule has 0 saturated heterocycles. The molecule has 0 fully saturated rings. The molecule has 0 aliphatic carbocycles. The van der Waals surface area contributed by atoms with Gasteiger partial charge in [-0.1, -0.05) is 0 Å². The number of rotatable bonds is 0. The Morgan fingerprint density at radius 3 is 1.00 bits per heavy atom. The van der Waals surface area contributed by atoms with Crippen molar-refractivity contribution >= 4 is 19.8 Å². The summed E-state index contributed by atoms with van der Waals surface area (Å²) in [5.74, 6) is 0. The van der Waals surface area contributed by atoms with Gasteiger partial charge < -0.3 is 0 Å². The second-order valence-electron chi connectivity index (χ2n) is 0. The van der Waals surface area contributed by atoms with Crippen LogP contribution in [0.25, 0.3) is 0 Å². The van der Waals surface area contributed by atoms with Gasteiger partial charge in [0, 0.05) is 50.9 Å². The molecule has 0 unspecified atom stereocenters. The Morgan fingerprint density at radius 2 is 1.00 bits per heavy atom. The van der Waals surface area contributed by atoms with Crippen LogP contribution in [0.4, 0.5) is 0 Å². The third-order valence-corrected chi connectivity index (χ3v) is 0. The van der Waals surface area contributed by atoms with E-state index in [1.807, 2.05) is 0 Å². The first-order valence-electron chi connectivity index (χ1n) is 0. The Labute approximate surface area is 70.1 Å². The van der Waals surface area contributed by atoms with E-state index < -0.39 is 0 Å². The molecule has 34 valence electrons. The van der Waals surface area contributed by atoms with E-state index in [-0.39, 0.29) is 70.7 Å². The molecule has 4 heteroatoms. The molecule has 0 nitrogen and oxygen atoms in total. The first kappa shape index (κ1) is 34.9. The summed E-state index contributed by atoms with van der Waals surface area (Å²) in [4.78, 5) is 0. The molecule has 0 amide bonds. The molecule has 4 heavy (non-hydrogen) atoms. The van der Waals surface area contributed by atoms with Gasteiger partial charge in [0.15, 0.2) is 0 Å². The molecule has 0 heterocycles. The van der Waals surface area contributed by atoms with Crippen molar-refractivity contribution < 1.29 is 50.9 Å². The van der Waals surface area contributed by atoms with Crippen LogP contribution < -0.4 is 0 Å². The molecule has 0 aromatic carbocycles. The Balaban J connectivity index is 0. The van der Waals surface area contributed by atoms with E-state index in [0.29, 0.717) is 0 Å². The molecule has 0 aliphatic heterocycles. The van der Waals surface area contributed by atoms with Crippen molar-refractivity contribution in [3.05, 3.63) is 0 Å². The van der Waals surface area contributed by atoms with Crippen LogP contribution in [0.15, 0.2) is 0 Å². The van der Waals surface area contributed by atoms with Crippen molar-refractivity contribution in [1.82, 2.24) is 0 Å². The second-order valence-corrected chi connectivity index (χ2v) is 0. The number of hydrogen-bond acceptors (Lipinski definition) is 0. The summed E-state index contributed by atoms with van der Waals surface area (Å²) >= 11 is 0. The van der Waals surface area contributed by atoms with Crippen LogP contribution in [-0.4, -0.2) is 19.8 Å². The fourth-order valence-electron chi connectivity index (χ4n) is 0. The fourth-order valence-corrected chi connectivity index (χ4v) is 0. The molecule has 0 aliphatic rings. The molecule has 2 radical (unpaired) electrons. The minimum atomic E-state index is 0. The third kappa shape index (κ3) is 8.89. The van der Waals surface area contributed by atoms with Crippen molar-refractivity contribution in [3.8, 4) is 0 Å². The molecule has 0 aromatic heterocycles. The first-order chi connectivity index (χ1) is 0. The standard InChI is InChI=1S/Co.Cu.Fe.Ga.3H. The molecule has 0 spiro atoms. The molecule has 0 atom stereocenters. The molecular weight excluding hydrogens is 248 g/mol. The van der Waals surface area contributed by atoms with Crippen LogP contribution in [0.2, 0.25) is 0 Å². The van der Waals surface area contributed by atoms with E-state index in [0.717, 1.165) is 0 Å². The van der Waals surface area contributed by atoms with E-state index in [9.17, 15) is 0 Å². The van der Waals surface area contributed by atoms with Crippen LogP contribution in [-0.2, 0) is 50.9 Å². The van der Waals surface area contributed by atoms with Crippen LogP contribution in [0.5, 0.6) is 0 Å². The fraction of sp³-hybridized carbons (Fsp3) is 0. The summed E-state index contributed by atoms with van der Waals surface area (Å²) in [6.45, 7) is 0. The summed E-state index contributed by atoms with van der Waals surface area (Å²) < 4.78 is 0. The zero-order valence-electron chi connectivity index (χ0n) is 0.988. The van der Waals surface area contributed by atoms with Crippen LogP contribution >= 0.6 is 0 Å². The Morgan fingerprint density at radius 1 is 1.00 bits per heavy atom. The zero-order chi connectivity index (χ0) is 0.